The van der Waals surface area contributed by atoms with Crippen molar-refractivity contribution in [2.24, 2.45) is 5.92 Å². The van der Waals surface area contributed by atoms with Gasteiger partial charge in [0, 0.05) is 25.7 Å². The number of rotatable bonds is 9. The van der Waals surface area contributed by atoms with Crippen LogP contribution in [0.5, 0.6) is 0 Å². The van der Waals surface area contributed by atoms with E-state index in [0.717, 1.165) is 18.5 Å². The maximum Gasteiger partial charge on any atom is 0.0218 e. The summed E-state index contributed by atoms with van der Waals surface area (Å²) in [7, 11) is 2.27. The Morgan fingerprint density at radius 2 is 1.95 bits per heavy atom. The molecule has 3 nitrogen and oxygen atoms in total. The van der Waals surface area contributed by atoms with Crippen LogP contribution >= 0.6 is 0 Å². The SMILES string of the molecule is CCC1CN(CCCCCNCC(C)C)CCN1C. The second-order valence-corrected chi connectivity index (χ2v) is 6.50. The highest BCUT2D eigenvalue weighted by atomic mass is 15.3. The number of nitrogens with one attached hydrogen (secondary N) is 1. The van der Waals surface area contributed by atoms with Crippen molar-refractivity contribution in [2.45, 2.75) is 52.5 Å². The lowest BCUT2D eigenvalue weighted by Gasteiger charge is -2.39. The molecule has 0 saturated carbocycles. The van der Waals surface area contributed by atoms with E-state index in [0.29, 0.717) is 0 Å². The molecule has 0 aromatic heterocycles. The highest BCUT2D eigenvalue weighted by molar-refractivity contribution is 4.78. The molecule has 0 aromatic carbocycles. The number of piperazine rings is 1. The molecular formula is C16H35N3. The third-order valence-corrected chi connectivity index (χ3v) is 4.21. The van der Waals surface area contributed by atoms with Gasteiger partial charge in [0.25, 0.3) is 0 Å². The molecule has 1 heterocycles. The lowest BCUT2D eigenvalue weighted by molar-refractivity contribution is 0.0920. The number of hydrogen-bond donors (Lipinski definition) is 1. The van der Waals surface area contributed by atoms with Gasteiger partial charge in [0.1, 0.15) is 0 Å². The molecule has 1 atom stereocenters. The minimum Gasteiger partial charge on any atom is -0.316 e. The summed E-state index contributed by atoms with van der Waals surface area (Å²) >= 11 is 0. The Balaban J connectivity index is 1.97. The fraction of sp³-hybridized carbons (Fsp3) is 1.00. The van der Waals surface area contributed by atoms with Gasteiger partial charge in [0.05, 0.1) is 0 Å². The maximum atomic E-state index is 3.52. The van der Waals surface area contributed by atoms with Gasteiger partial charge in [-0.2, -0.15) is 0 Å². The average molecular weight is 269 g/mol. The summed E-state index contributed by atoms with van der Waals surface area (Å²) in [5, 5.41) is 3.52. The lowest BCUT2D eigenvalue weighted by atomic mass is 10.1. The highest BCUT2D eigenvalue weighted by Gasteiger charge is 2.21. The minimum absolute atomic E-state index is 0.774. The average Bonchev–Trinajstić information content (AvgIpc) is 2.39. The number of hydrogen-bond acceptors (Lipinski definition) is 3. The summed E-state index contributed by atoms with van der Waals surface area (Å²) in [4.78, 5) is 5.18. The Morgan fingerprint density at radius 3 is 2.63 bits per heavy atom. The van der Waals surface area contributed by atoms with Gasteiger partial charge in [0.15, 0.2) is 0 Å². The molecule has 3 heteroatoms. The summed E-state index contributed by atoms with van der Waals surface area (Å²) in [6, 6.07) is 0.779. The predicted molar refractivity (Wildman–Crippen MR) is 84.7 cm³/mol. The molecular weight excluding hydrogens is 234 g/mol. The zero-order valence-electron chi connectivity index (χ0n) is 13.6. The molecule has 0 aromatic rings. The molecule has 1 aliphatic rings. The molecule has 1 rings (SSSR count). The molecule has 1 unspecified atom stereocenters. The highest BCUT2D eigenvalue weighted by Crippen LogP contribution is 2.11. The monoisotopic (exact) mass is 269 g/mol. The fourth-order valence-corrected chi connectivity index (χ4v) is 2.81. The van der Waals surface area contributed by atoms with Gasteiger partial charge in [-0.25, -0.2) is 0 Å². The van der Waals surface area contributed by atoms with Crippen molar-refractivity contribution < 1.29 is 0 Å². The first-order chi connectivity index (χ1) is 9.13. The first kappa shape index (κ1) is 16.9. The summed E-state index contributed by atoms with van der Waals surface area (Å²) in [6.07, 6.45) is 5.35. The van der Waals surface area contributed by atoms with Gasteiger partial charge in [-0.3, -0.25) is 0 Å². The molecule has 0 bridgehead atoms. The van der Waals surface area contributed by atoms with E-state index in [2.05, 4.69) is 42.9 Å². The Labute approximate surface area is 120 Å². The summed E-state index contributed by atoms with van der Waals surface area (Å²) in [5.41, 5.74) is 0. The van der Waals surface area contributed by atoms with Crippen molar-refractivity contribution in [3.8, 4) is 0 Å². The smallest absolute Gasteiger partial charge is 0.0218 e. The van der Waals surface area contributed by atoms with Crippen LogP contribution in [0, 0.1) is 5.92 Å². The zero-order chi connectivity index (χ0) is 14.1. The van der Waals surface area contributed by atoms with Crippen molar-refractivity contribution in [1.82, 2.24) is 15.1 Å². The zero-order valence-corrected chi connectivity index (χ0v) is 13.6. The predicted octanol–water partition coefficient (Wildman–Crippen LogP) is 2.43. The second-order valence-electron chi connectivity index (χ2n) is 6.50. The number of nitrogens with zero attached hydrogens (tertiary/aromatic N) is 2. The van der Waals surface area contributed by atoms with Crippen molar-refractivity contribution in [3.05, 3.63) is 0 Å². The van der Waals surface area contributed by atoms with E-state index >= 15 is 0 Å². The van der Waals surface area contributed by atoms with Crippen LogP contribution in [-0.4, -0.2) is 62.2 Å². The van der Waals surface area contributed by atoms with Gasteiger partial charge in [-0.15, -0.1) is 0 Å². The van der Waals surface area contributed by atoms with Crippen molar-refractivity contribution >= 4 is 0 Å². The Kier molecular flexibility index (Phi) is 8.67. The third kappa shape index (κ3) is 7.28. The number of unbranched alkanes of at least 4 members (excludes halogenated alkanes) is 2. The molecule has 0 spiro atoms. The van der Waals surface area contributed by atoms with E-state index in [4.69, 9.17) is 0 Å². The van der Waals surface area contributed by atoms with E-state index in [1.54, 1.807) is 0 Å². The van der Waals surface area contributed by atoms with Gasteiger partial charge < -0.3 is 15.1 Å². The second kappa shape index (κ2) is 9.73. The Bertz CT molecular complexity index is 218. The van der Waals surface area contributed by atoms with E-state index in [1.165, 1.54) is 58.4 Å². The van der Waals surface area contributed by atoms with Crippen molar-refractivity contribution in [3.63, 3.8) is 0 Å². The fourth-order valence-electron chi connectivity index (χ4n) is 2.81. The van der Waals surface area contributed by atoms with Crippen LogP contribution in [0.2, 0.25) is 0 Å². The molecule has 0 radical (unpaired) electrons. The van der Waals surface area contributed by atoms with E-state index in [-0.39, 0.29) is 0 Å². The van der Waals surface area contributed by atoms with Gasteiger partial charge in [-0.05, 0) is 51.9 Å². The molecule has 0 aliphatic carbocycles. The van der Waals surface area contributed by atoms with Crippen LogP contribution in [0.15, 0.2) is 0 Å². The van der Waals surface area contributed by atoms with Crippen molar-refractivity contribution in [2.75, 3.05) is 46.3 Å². The topological polar surface area (TPSA) is 18.5 Å². The molecule has 1 fully saturated rings. The Morgan fingerprint density at radius 1 is 1.16 bits per heavy atom. The molecule has 1 aliphatic heterocycles. The molecule has 1 N–H and O–H groups in total. The van der Waals surface area contributed by atoms with Crippen LogP contribution in [0.25, 0.3) is 0 Å². The summed E-state index contributed by atoms with van der Waals surface area (Å²) in [6.45, 7) is 14.3. The first-order valence-electron chi connectivity index (χ1n) is 8.26. The third-order valence-electron chi connectivity index (χ3n) is 4.21. The Hall–Kier alpha value is -0.120. The van der Waals surface area contributed by atoms with Crippen LogP contribution in [0.1, 0.15) is 46.5 Å². The van der Waals surface area contributed by atoms with Crippen LogP contribution in [0.4, 0.5) is 0 Å². The van der Waals surface area contributed by atoms with Crippen LogP contribution < -0.4 is 5.32 Å². The van der Waals surface area contributed by atoms with Crippen molar-refractivity contribution in [1.29, 1.82) is 0 Å². The summed E-state index contributed by atoms with van der Waals surface area (Å²) < 4.78 is 0. The minimum atomic E-state index is 0.774. The van der Waals surface area contributed by atoms with Gasteiger partial charge in [-0.1, -0.05) is 27.2 Å². The number of likely N-dealkylation sites (N-methyl/N-ethyl adjacent to an activating group) is 1. The maximum absolute atomic E-state index is 3.52. The first-order valence-corrected chi connectivity index (χ1v) is 8.26. The molecule has 19 heavy (non-hydrogen) atoms. The standard InChI is InChI=1S/C16H35N3/c1-5-16-14-19(12-11-18(16)4)10-8-6-7-9-17-13-15(2)3/h15-17H,5-14H2,1-4H3. The summed E-state index contributed by atoms with van der Waals surface area (Å²) in [5.74, 6) is 0.774. The largest absolute Gasteiger partial charge is 0.316 e. The van der Waals surface area contributed by atoms with Crippen LogP contribution in [-0.2, 0) is 0 Å². The molecule has 0 amide bonds. The molecule has 1 saturated heterocycles. The normalized spacial score (nSPS) is 22.3. The van der Waals surface area contributed by atoms with Gasteiger partial charge in [0.2, 0.25) is 0 Å². The van der Waals surface area contributed by atoms with Crippen LogP contribution in [0.3, 0.4) is 0 Å². The van der Waals surface area contributed by atoms with Gasteiger partial charge >= 0.3 is 0 Å². The van der Waals surface area contributed by atoms with E-state index in [9.17, 15) is 0 Å². The lowest BCUT2D eigenvalue weighted by Crippen LogP contribution is -2.51. The quantitative estimate of drug-likeness (QED) is 0.649. The molecule has 114 valence electrons. The van der Waals surface area contributed by atoms with E-state index in [1.807, 2.05) is 0 Å². The van der Waals surface area contributed by atoms with E-state index < -0.39 is 0 Å².